The molecule has 136 valence electrons. The molecule has 1 heterocycles. The maximum Gasteiger partial charge on any atom is 0.262 e. The van der Waals surface area contributed by atoms with E-state index >= 15 is 0 Å². The van der Waals surface area contributed by atoms with E-state index in [-0.39, 0.29) is 11.3 Å². The van der Waals surface area contributed by atoms with Gasteiger partial charge in [0, 0.05) is 12.3 Å². The van der Waals surface area contributed by atoms with E-state index < -0.39 is 9.84 Å². The molecule has 1 aromatic heterocycles. The third-order valence-electron chi connectivity index (χ3n) is 3.96. The summed E-state index contributed by atoms with van der Waals surface area (Å²) < 4.78 is 26.5. The molecule has 3 aromatic rings. The first kappa shape index (κ1) is 18.7. The van der Waals surface area contributed by atoms with Crippen molar-refractivity contribution in [2.24, 2.45) is 0 Å². The van der Waals surface area contributed by atoms with Gasteiger partial charge in [0.2, 0.25) is 0 Å². The van der Waals surface area contributed by atoms with Gasteiger partial charge in [0.1, 0.15) is 0 Å². The second kappa shape index (κ2) is 8.05. The van der Waals surface area contributed by atoms with Gasteiger partial charge in [-0.3, -0.25) is 9.36 Å². The Morgan fingerprint density at radius 1 is 1.04 bits per heavy atom. The van der Waals surface area contributed by atoms with Gasteiger partial charge >= 0.3 is 0 Å². The number of benzene rings is 2. The predicted molar refractivity (Wildman–Crippen MR) is 106 cm³/mol. The zero-order valence-electron chi connectivity index (χ0n) is 14.5. The molecule has 0 atom stereocenters. The minimum absolute atomic E-state index is 0.00347. The zero-order chi connectivity index (χ0) is 18.6. The van der Waals surface area contributed by atoms with Crippen LogP contribution in [0.3, 0.4) is 0 Å². The summed E-state index contributed by atoms with van der Waals surface area (Å²) in [4.78, 5) is 17.6. The smallest absolute Gasteiger partial charge is 0.262 e. The molecule has 0 spiro atoms. The van der Waals surface area contributed by atoms with Crippen LogP contribution in [0.25, 0.3) is 10.9 Å². The average molecular weight is 389 g/mol. The summed E-state index contributed by atoms with van der Waals surface area (Å²) in [6, 6.07) is 15.6. The molecule has 3 rings (SSSR count). The van der Waals surface area contributed by atoms with Crippen molar-refractivity contribution >= 4 is 32.5 Å². The molecule has 0 saturated heterocycles. The lowest BCUT2D eigenvalue weighted by atomic mass is 10.2. The minimum Gasteiger partial charge on any atom is -0.287 e. The number of hydrogen-bond acceptors (Lipinski definition) is 5. The van der Waals surface area contributed by atoms with Gasteiger partial charge in [-0.25, -0.2) is 13.4 Å². The van der Waals surface area contributed by atoms with Gasteiger partial charge in [-0.15, -0.1) is 0 Å². The van der Waals surface area contributed by atoms with Crippen LogP contribution in [0, 0.1) is 0 Å². The monoisotopic (exact) mass is 388 g/mol. The van der Waals surface area contributed by atoms with Crippen LogP contribution in [0.1, 0.15) is 13.3 Å². The highest BCUT2D eigenvalue weighted by Gasteiger charge is 2.16. The Morgan fingerprint density at radius 2 is 1.73 bits per heavy atom. The molecule has 7 heteroatoms. The number of para-hydroxylation sites is 1. The van der Waals surface area contributed by atoms with Crippen molar-refractivity contribution in [3.8, 4) is 0 Å². The maximum atomic E-state index is 12.7. The van der Waals surface area contributed by atoms with E-state index in [1.807, 2.05) is 19.1 Å². The quantitative estimate of drug-likeness (QED) is 0.458. The second-order valence-corrected chi connectivity index (χ2v) is 9.02. The van der Waals surface area contributed by atoms with Crippen LogP contribution >= 0.6 is 11.8 Å². The fourth-order valence-corrected chi connectivity index (χ4v) is 5.36. The molecular formula is C19H20N2O3S2. The van der Waals surface area contributed by atoms with Crippen molar-refractivity contribution in [3.63, 3.8) is 0 Å². The van der Waals surface area contributed by atoms with Crippen LogP contribution < -0.4 is 5.56 Å². The van der Waals surface area contributed by atoms with Crippen LogP contribution in [0.2, 0.25) is 0 Å². The highest BCUT2D eigenvalue weighted by atomic mass is 32.2. The lowest BCUT2D eigenvalue weighted by Crippen LogP contribution is -2.23. The molecule has 26 heavy (non-hydrogen) atoms. The molecule has 0 bridgehead atoms. The molecule has 0 unspecified atom stereocenters. The number of aromatic nitrogens is 2. The molecule has 0 aliphatic heterocycles. The standard InChI is InChI=1S/C19H20N2O3S2/c1-2-12-21-18(22)16-10-6-7-11-17(16)20-19(21)25-13-14-26(23,24)15-8-4-3-5-9-15/h3-11H,2,12-14H2,1H3. The molecule has 0 amide bonds. The molecule has 0 radical (unpaired) electrons. The maximum absolute atomic E-state index is 12.7. The summed E-state index contributed by atoms with van der Waals surface area (Å²) >= 11 is 1.31. The number of thioether (sulfide) groups is 1. The number of sulfone groups is 1. The average Bonchev–Trinajstić information content (AvgIpc) is 2.65. The highest BCUT2D eigenvalue weighted by molar-refractivity contribution is 8.00. The Bertz CT molecular complexity index is 1060. The summed E-state index contributed by atoms with van der Waals surface area (Å²) in [6.07, 6.45) is 0.801. The molecule has 5 nitrogen and oxygen atoms in total. The number of rotatable bonds is 7. The van der Waals surface area contributed by atoms with Crippen LogP contribution in [-0.2, 0) is 16.4 Å². The summed E-state index contributed by atoms with van der Waals surface area (Å²) in [6.45, 7) is 2.56. The summed E-state index contributed by atoms with van der Waals surface area (Å²) in [5, 5.41) is 1.15. The van der Waals surface area contributed by atoms with E-state index in [0.717, 1.165) is 6.42 Å². The van der Waals surface area contributed by atoms with Gasteiger partial charge in [0.25, 0.3) is 5.56 Å². The summed E-state index contributed by atoms with van der Waals surface area (Å²) in [5.74, 6) is 0.336. The fraction of sp³-hybridized carbons (Fsp3) is 0.263. The lowest BCUT2D eigenvalue weighted by molar-refractivity contribution is 0.584. The predicted octanol–water partition coefficient (Wildman–Crippen LogP) is 3.37. The van der Waals surface area contributed by atoms with E-state index in [1.165, 1.54) is 11.8 Å². The number of fused-ring (bicyclic) bond motifs is 1. The van der Waals surface area contributed by atoms with Gasteiger partial charge in [0.05, 0.1) is 21.6 Å². The number of hydrogen-bond donors (Lipinski definition) is 0. The fourth-order valence-electron chi connectivity index (χ4n) is 2.67. The van der Waals surface area contributed by atoms with E-state index in [0.29, 0.717) is 33.3 Å². The van der Waals surface area contributed by atoms with Crippen molar-refractivity contribution in [2.75, 3.05) is 11.5 Å². The Balaban J connectivity index is 1.84. The number of nitrogens with zero attached hydrogens (tertiary/aromatic N) is 2. The van der Waals surface area contributed by atoms with E-state index in [9.17, 15) is 13.2 Å². The highest BCUT2D eigenvalue weighted by Crippen LogP contribution is 2.20. The van der Waals surface area contributed by atoms with Gasteiger partial charge in [0.15, 0.2) is 15.0 Å². The SMILES string of the molecule is CCCn1c(SCCS(=O)(=O)c2ccccc2)nc2ccccc2c1=O. The summed E-state index contributed by atoms with van der Waals surface area (Å²) in [7, 11) is -3.34. The Kier molecular flexibility index (Phi) is 5.78. The van der Waals surface area contributed by atoms with Crippen LogP contribution in [-0.4, -0.2) is 29.5 Å². The van der Waals surface area contributed by atoms with Crippen molar-refractivity contribution < 1.29 is 8.42 Å². The molecule has 0 fully saturated rings. The first-order valence-corrected chi connectivity index (χ1v) is 11.1. The minimum atomic E-state index is -3.34. The lowest BCUT2D eigenvalue weighted by Gasteiger charge is -2.12. The largest absolute Gasteiger partial charge is 0.287 e. The third kappa shape index (κ3) is 3.99. The molecule has 0 aliphatic rings. The van der Waals surface area contributed by atoms with E-state index in [1.54, 1.807) is 47.0 Å². The topological polar surface area (TPSA) is 69.0 Å². The van der Waals surface area contributed by atoms with Gasteiger partial charge < -0.3 is 0 Å². The first-order chi connectivity index (χ1) is 12.5. The Labute approximate surface area is 157 Å². The summed E-state index contributed by atoms with van der Waals surface area (Å²) in [5.41, 5.74) is 0.559. The molecule has 2 aromatic carbocycles. The van der Waals surface area contributed by atoms with Crippen molar-refractivity contribution in [3.05, 3.63) is 65.0 Å². The zero-order valence-corrected chi connectivity index (χ0v) is 16.1. The molecule has 0 N–H and O–H groups in total. The Hall–Kier alpha value is -2.12. The molecule has 0 aliphatic carbocycles. The van der Waals surface area contributed by atoms with Gasteiger partial charge in [-0.05, 0) is 30.7 Å². The van der Waals surface area contributed by atoms with Crippen molar-refractivity contribution in [1.82, 2.24) is 9.55 Å². The van der Waals surface area contributed by atoms with Crippen LogP contribution in [0.15, 0.2) is 69.4 Å². The molecular weight excluding hydrogens is 368 g/mol. The molecule has 0 saturated carbocycles. The van der Waals surface area contributed by atoms with Crippen LogP contribution in [0.4, 0.5) is 0 Å². The van der Waals surface area contributed by atoms with Gasteiger partial charge in [-0.1, -0.05) is 49.0 Å². The van der Waals surface area contributed by atoms with Crippen molar-refractivity contribution in [1.29, 1.82) is 0 Å². The van der Waals surface area contributed by atoms with E-state index in [2.05, 4.69) is 4.98 Å². The normalized spacial score (nSPS) is 11.7. The first-order valence-electron chi connectivity index (χ1n) is 8.43. The third-order valence-corrected chi connectivity index (χ3v) is 6.93. The van der Waals surface area contributed by atoms with Crippen molar-refractivity contribution in [2.45, 2.75) is 29.9 Å². The van der Waals surface area contributed by atoms with Crippen LogP contribution in [0.5, 0.6) is 0 Å². The second-order valence-electron chi connectivity index (χ2n) is 5.85. The van der Waals surface area contributed by atoms with Gasteiger partial charge in [-0.2, -0.15) is 0 Å². The Morgan fingerprint density at radius 3 is 2.46 bits per heavy atom. The van der Waals surface area contributed by atoms with E-state index in [4.69, 9.17) is 0 Å².